The number of nitrogens with one attached hydrogen (secondary N) is 1. The lowest BCUT2D eigenvalue weighted by atomic mass is 10.2. The molecule has 0 atom stereocenters. The highest BCUT2D eigenvalue weighted by Crippen LogP contribution is 2.36. The average molecular weight is 405 g/mol. The van der Waals surface area contributed by atoms with E-state index in [0.717, 1.165) is 16.6 Å². The SMILES string of the molecule is COc1cc(NC(=O)COc2nn(C)c3nc(C)cc(C)c23)c(OC)cc1Cl. The summed E-state index contributed by atoms with van der Waals surface area (Å²) in [5.41, 5.74) is 3.00. The van der Waals surface area contributed by atoms with E-state index in [0.29, 0.717) is 33.7 Å². The number of nitrogens with zero attached hydrogens (tertiary/aromatic N) is 3. The van der Waals surface area contributed by atoms with Gasteiger partial charge in [0.15, 0.2) is 12.3 Å². The van der Waals surface area contributed by atoms with E-state index in [-0.39, 0.29) is 12.5 Å². The molecule has 9 heteroatoms. The molecule has 2 aromatic heterocycles. The molecule has 0 radical (unpaired) electrons. The molecule has 1 N–H and O–H groups in total. The van der Waals surface area contributed by atoms with Gasteiger partial charge in [0.1, 0.15) is 11.5 Å². The maximum absolute atomic E-state index is 12.4. The lowest BCUT2D eigenvalue weighted by molar-refractivity contribution is -0.118. The Morgan fingerprint density at radius 3 is 2.57 bits per heavy atom. The van der Waals surface area contributed by atoms with E-state index in [4.69, 9.17) is 25.8 Å². The van der Waals surface area contributed by atoms with Crippen LogP contribution in [0.25, 0.3) is 11.0 Å². The molecule has 0 aliphatic heterocycles. The number of halogens is 1. The van der Waals surface area contributed by atoms with Crippen molar-refractivity contribution in [2.24, 2.45) is 7.05 Å². The molecular formula is C19H21ClN4O4. The Bertz CT molecular complexity index is 1050. The fourth-order valence-corrected chi connectivity index (χ4v) is 3.16. The number of hydrogen-bond donors (Lipinski definition) is 1. The molecule has 148 valence electrons. The van der Waals surface area contributed by atoms with Crippen LogP contribution in [0.1, 0.15) is 11.3 Å². The van der Waals surface area contributed by atoms with Crippen LogP contribution in [0.4, 0.5) is 5.69 Å². The largest absolute Gasteiger partial charge is 0.495 e. The molecule has 3 rings (SSSR count). The zero-order valence-corrected chi connectivity index (χ0v) is 17.0. The van der Waals surface area contributed by atoms with E-state index < -0.39 is 0 Å². The lowest BCUT2D eigenvalue weighted by Crippen LogP contribution is -2.21. The van der Waals surface area contributed by atoms with Crippen molar-refractivity contribution in [1.29, 1.82) is 0 Å². The number of carbonyl (C=O) groups excluding carboxylic acids is 1. The molecule has 1 amide bonds. The minimum atomic E-state index is -0.376. The number of aryl methyl sites for hydroxylation is 3. The van der Waals surface area contributed by atoms with Crippen molar-refractivity contribution in [3.05, 3.63) is 34.5 Å². The number of fused-ring (bicyclic) bond motifs is 1. The standard InChI is InChI=1S/C19H21ClN4O4/c1-10-6-11(2)21-18-17(10)19(23-24(18)3)28-9-16(25)22-13-8-14(26-4)12(20)7-15(13)27-5/h6-8H,9H2,1-5H3,(H,22,25). The van der Waals surface area contributed by atoms with Crippen LogP contribution < -0.4 is 19.5 Å². The van der Waals surface area contributed by atoms with Gasteiger partial charge >= 0.3 is 0 Å². The predicted octanol–water partition coefficient (Wildman–Crippen LogP) is 3.27. The summed E-state index contributed by atoms with van der Waals surface area (Å²) in [7, 11) is 4.76. The third kappa shape index (κ3) is 3.82. The van der Waals surface area contributed by atoms with E-state index in [2.05, 4.69) is 15.4 Å². The molecule has 0 unspecified atom stereocenters. The third-order valence-corrected chi connectivity index (χ3v) is 4.47. The normalized spacial score (nSPS) is 10.8. The number of methoxy groups -OCH3 is 2. The van der Waals surface area contributed by atoms with Gasteiger partial charge in [0.25, 0.3) is 5.91 Å². The van der Waals surface area contributed by atoms with Crippen LogP contribution >= 0.6 is 11.6 Å². The monoisotopic (exact) mass is 404 g/mol. The first-order valence-electron chi connectivity index (χ1n) is 8.49. The van der Waals surface area contributed by atoms with Crippen LogP contribution in [-0.2, 0) is 11.8 Å². The number of carbonyl (C=O) groups is 1. The van der Waals surface area contributed by atoms with Gasteiger partial charge in [-0.15, -0.1) is 5.10 Å². The van der Waals surface area contributed by atoms with Crippen molar-refractivity contribution in [2.75, 3.05) is 26.1 Å². The highest BCUT2D eigenvalue weighted by Gasteiger charge is 2.17. The number of hydrogen-bond acceptors (Lipinski definition) is 6. The van der Waals surface area contributed by atoms with Crippen LogP contribution in [0.15, 0.2) is 18.2 Å². The number of aromatic nitrogens is 3. The molecule has 0 bridgehead atoms. The second-order valence-corrected chi connectivity index (χ2v) is 6.64. The number of benzene rings is 1. The van der Waals surface area contributed by atoms with E-state index in [1.54, 1.807) is 23.9 Å². The van der Waals surface area contributed by atoms with Gasteiger partial charge in [-0.05, 0) is 25.5 Å². The van der Waals surface area contributed by atoms with Crippen molar-refractivity contribution >= 4 is 34.2 Å². The zero-order valence-electron chi connectivity index (χ0n) is 16.3. The molecule has 0 saturated heterocycles. The maximum Gasteiger partial charge on any atom is 0.262 e. The van der Waals surface area contributed by atoms with Gasteiger partial charge < -0.3 is 19.5 Å². The molecule has 2 heterocycles. The van der Waals surface area contributed by atoms with E-state index >= 15 is 0 Å². The highest BCUT2D eigenvalue weighted by molar-refractivity contribution is 6.32. The maximum atomic E-state index is 12.4. The fourth-order valence-electron chi connectivity index (χ4n) is 2.93. The van der Waals surface area contributed by atoms with E-state index in [9.17, 15) is 4.79 Å². The van der Waals surface area contributed by atoms with Gasteiger partial charge in [0.2, 0.25) is 5.88 Å². The molecule has 0 aliphatic rings. The molecule has 28 heavy (non-hydrogen) atoms. The Hall–Kier alpha value is -3.00. The quantitative estimate of drug-likeness (QED) is 0.678. The van der Waals surface area contributed by atoms with Crippen molar-refractivity contribution < 1.29 is 19.0 Å². The van der Waals surface area contributed by atoms with Crippen LogP contribution in [0.2, 0.25) is 5.02 Å². The van der Waals surface area contributed by atoms with E-state index in [1.165, 1.54) is 14.2 Å². The van der Waals surface area contributed by atoms with Gasteiger partial charge in [0, 0.05) is 24.9 Å². The molecule has 0 aliphatic carbocycles. The first-order valence-corrected chi connectivity index (χ1v) is 8.87. The topological polar surface area (TPSA) is 87.5 Å². The Morgan fingerprint density at radius 1 is 1.18 bits per heavy atom. The van der Waals surface area contributed by atoms with Gasteiger partial charge in [-0.25, -0.2) is 9.67 Å². The van der Waals surface area contributed by atoms with Crippen molar-refractivity contribution in [3.8, 4) is 17.4 Å². The van der Waals surface area contributed by atoms with Gasteiger partial charge in [-0.2, -0.15) is 0 Å². The second kappa shape index (κ2) is 7.93. The lowest BCUT2D eigenvalue weighted by Gasteiger charge is -2.13. The number of rotatable bonds is 6. The van der Waals surface area contributed by atoms with Crippen LogP contribution in [0.3, 0.4) is 0 Å². The summed E-state index contributed by atoms with van der Waals surface area (Å²) < 4.78 is 17.7. The minimum Gasteiger partial charge on any atom is -0.495 e. The molecule has 0 spiro atoms. The van der Waals surface area contributed by atoms with Crippen LogP contribution in [-0.4, -0.2) is 41.5 Å². The Balaban J connectivity index is 1.78. The summed E-state index contributed by atoms with van der Waals surface area (Å²) in [6, 6.07) is 5.11. The molecule has 0 saturated carbocycles. The first-order chi connectivity index (χ1) is 13.3. The molecule has 0 fully saturated rings. The number of amides is 1. The van der Waals surface area contributed by atoms with Crippen molar-refractivity contribution in [2.45, 2.75) is 13.8 Å². The summed E-state index contributed by atoms with van der Waals surface area (Å²) in [6.45, 7) is 3.64. The van der Waals surface area contributed by atoms with Crippen LogP contribution in [0.5, 0.6) is 17.4 Å². The first kappa shape index (κ1) is 19.8. The number of pyridine rings is 1. The average Bonchev–Trinajstić information content (AvgIpc) is 2.97. The predicted molar refractivity (Wildman–Crippen MR) is 107 cm³/mol. The molecular weight excluding hydrogens is 384 g/mol. The van der Waals surface area contributed by atoms with Gasteiger partial charge in [-0.3, -0.25) is 4.79 Å². The Morgan fingerprint density at radius 2 is 1.89 bits per heavy atom. The van der Waals surface area contributed by atoms with Gasteiger partial charge in [-0.1, -0.05) is 11.6 Å². The Labute approximate surface area is 167 Å². The summed E-state index contributed by atoms with van der Waals surface area (Å²) in [4.78, 5) is 16.9. The van der Waals surface area contributed by atoms with Crippen LogP contribution in [0, 0.1) is 13.8 Å². The summed E-state index contributed by atoms with van der Waals surface area (Å²) in [5, 5.41) is 8.23. The molecule has 1 aromatic carbocycles. The smallest absolute Gasteiger partial charge is 0.262 e. The fraction of sp³-hybridized carbons (Fsp3) is 0.316. The van der Waals surface area contributed by atoms with Crippen molar-refractivity contribution in [3.63, 3.8) is 0 Å². The number of ether oxygens (including phenoxy) is 3. The molecule has 3 aromatic rings. The van der Waals surface area contributed by atoms with Gasteiger partial charge in [0.05, 0.1) is 30.3 Å². The third-order valence-electron chi connectivity index (χ3n) is 4.17. The zero-order chi connectivity index (χ0) is 20.4. The summed E-state index contributed by atoms with van der Waals surface area (Å²) in [6.07, 6.45) is 0. The second-order valence-electron chi connectivity index (χ2n) is 6.23. The summed E-state index contributed by atoms with van der Waals surface area (Å²) >= 11 is 6.08. The minimum absolute atomic E-state index is 0.229. The molecule has 8 nitrogen and oxygen atoms in total. The Kier molecular flexibility index (Phi) is 5.60. The number of anilines is 1. The summed E-state index contributed by atoms with van der Waals surface area (Å²) in [5.74, 6) is 0.821. The highest BCUT2D eigenvalue weighted by atomic mass is 35.5. The van der Waals surface area contributed by atoms with Crippen molar-refractivity contribution in [1.82, 2.24) is 14.8 Å². The van der Waals surface area contributed by atoms with E-state index in [1.807, 2.05) is 19.9 Å².